The molecule has 2 unspecified atom stereocenters. The summed E-state index contributed by atoms with van der Waals surface area (Å²) in [6.45, 7) is 0. The van der Waals surface area contributed by atoms with E-state index in [1.165, 1.54) is 25.7 Å². The third-order valence-electron chi connectivity index (χ3n) is 3.06. The van der Waals surface area contributed by atoms with Crippen molar-refractivity contribution in [3.8, 4) is 0 Å². The molecular weight excluding hydrogens is 124 g/mol. The van der Waals surface area contributed by atoms with Crippen molar-refractivity contribution in [2.75, 3.05) is 0 Å². The molecule has 2 atom stereocenters. The van der Waals surface area contributed by atoms with Crippen molar-refractivity contribution in [1.82, 2.24) is 0 Å². The van der Waals surface area contributed by atoms with E-state index in [9.17, 15) is 5.11 Å². The van der Waals surface area contributed by atoms with Crippen LogP contribution in [-0.2, 0) is 0 Å². The molecule has 0 amide bonds. The van der Waals surface area contributed by atoms with Gasteiger partial charge in [-0.1, -0.05) is 25.7 Å². The molecule has 2 aliphatic rings. The first-order valence-electron chi connectivity index (χ1n) is 4.90. The maximum absolute atomic E-state index is 9.49. The van der Waals surface area contributed by atoms with E-state index in [2.05, 4.69) is 0 Å². The second-order valence-corrected chi connectivity index (χ2v) is 3.78. The van der Waals surface area contributed by atoms with E-state index < -0.39 is 6.08 Å². The summed E-state index contributed by atoms with van der Waals surface area (Å²) in [5.41, 5.74) is 0. The summed E-state index contributed by atoms with van der Waals surface area (Å²) in [6, 6.07) is 0. The molecule has 2 aliphatic carbocycles. The molecule has 0 aromatic rings. The van der Waals surface area contributed by atoms with Crippen LogP contribution in [0.25, 0.3) is 0 Å². The second-order valence-electron chi connectivity index (χ2n) is 3.78. The number of hydrogen-bond donors (Lipinski definition) is 1. The van der Waals surface area contributed by atoms with Crippen LogP contribution < -0.4 is 0 Å². The van der Waals surface area contributed by atoms with E-state index in [1.54, 1.807) is 0 Å². The minimum Gasteiger partial charge on any atom is -0.393 e. The number of fused-ring (bicyclic) bond motifs is 1. The highest BCUT2D eigenvalue weighted by Crippen LogP contribution is 2.41. The summed E-state index contributed by atoms with van der Waals surface area (Å²) >= 11 is 0. The molecule has 1 N–H and O–H groups in total. The second kappa shape index (κ2) is 2.54. The Bertz CT molecular complexity index is 140. The normalized spacial score (nSPS) is 55.9. The Morgan fingerprint density at radius 1 is 1.10 bits per heavy atom. The Balaban J connectivity index is 2.03. The van der Waals surface area contributed by atoms with Gasteiger partial charge >= 0.3 is 0 Å². The molecule has 0 bridgehead atoms. The van der Waals surface area contributed by atoms with Crippen molar-refractivity contribution in [3.05, 3.63) is 0 Å². The van der Waals surface area contributed by atoms with Gasteiger partial charge in [0.15, 0.2) is 0 Å². The van der Waals surface area contributed by atoms with Gasteiger partial charge in [0.1, 0.15) is 0 Å². The van der Waals surface area contributed by atoms with Crippen LogP contribution >= 0.6 is 0 Å². The van der Waals surface area contributed by atoms with Gasteiger partial charge in [0.25, 0.3) is 0 Å². The Morgan fingerprint density at radius 3 is 2.10 bits per heavy atom. The highest BCUT2D eigenvalue weighted by atomic mass is 16.3. The number of aliphatic hydroxyl groups is 1. The van der Waals surface area contributed by atoms with Crippen LogP contribution in [0.5, 0.6) is 0 Å². The molecule has 0 saturated heterocycles. The standard InChI is InChI=1S/C9H16O/c10-9-5-7-3-1-2-4-8(7)6-9/h7-10H,1-6H2/i9D. The summed E-state index contributed by atoms with van der Waals surface area (Å²) in [5.74, 6) is 1.34. The fourth-order valence-electron chi connectivity index (χ4n) is 2.51. The van der Waals surface area contributed by atoms with Crippen LogP contribution in [0, 0.1) is 11.8 Å². The molecule has 0 heterocycles. The van der Waals surface area contributed by atoms with Crippen LogP contribution in [0.2, 0.25) is 0 Å². The fourth-order valence-corrected chi connectivity index (χ4v) is 2.51. The van der Waals surface area contributed by atoms with Gasteiger partial charge in [0, 0.05) is 0 Å². The smallest absolute Gasteiger partial charge is 0.0601 e. The first kappa shape index (κ1) is 5.59. The Kier molecular flexibility index (Phi) is 1.42. The molecule has 0 radical (unpaired) electrons. The van der Waals surface area contributed by atoms with Crippen LogP contribution in [0.1, 0.15) is 39.9 Å². The molecule has 2 saturated carbocycles. The summed E-state index contributed by atoms with van der Waals surface area (Å²) in [6.07, 6.45) is 5.54. The van der Waals surface area contributed by atoms with Crippen molar-refractivity contribution in [2.24, 2.45) is 11.8 Å². The zero-order valence-electron chi connectivity index (χ0n) is 7.34. The molecule has 0 aromatic heterocycles. The largest absolute Gasteiger partial charge is 0.393 e. The first-order chi connectivity index (χ1) is 5.17. The molecular formula is C9H16O. The van der Waals surface area contributed by atoms with Crippen LogP contribution in [0.4, 0.5) is 0 Å². The maximum atomic E-state index is 9.49. The van der Waals surface area contributed by atoms with Gasteiger partial charge in [-0.05, 0) is 24.7 Å². The van der Waals surface area contributed by atoms with Gasteiger partial charge in [-0.3, -0.25) is 0 Å². The number of rotatable bonds is 0. The van der Waals surface area contributed by atoms with Crippen molar-refractivity contribution >= 4 is 0 Å². The molecule has 10 heavy (non-hydrogen) atoms. The van der Waals surface area contributed by atoms with Crippen molar-refractivity contribution in [2.45, 2.75) is 44.6 Å². The minimum absolute atomic E-state index is 0.672. The quantitative estimate of drug-likeness (QED) is 0.546. The Morgan fingerprint density at radius 2 is 1.60 bits per heavy atom. The maximum Gasteiger partial charge on any atom is 0.0601 e. The van der Waals surface area contributed by atoms with E-state index in [0.717, 1.165) is 12.8 Å². The Labute approximate surface area is 63.8 Å². The summed E-state index contributed by atoms with van der Waals surface area (Å²) in [4.78, 5) is 0. The summed E-state index contributed by atoms with van der Waals surface area (Å²) in [7, 11) is 0. The molecule has 1 nitrogen and oxygen atoms in total. The van der Waals surface area contributed by atoms with E-state index in [4.69, 9.17) is 1.37 Å². The highest BCUT2D eigenvalue weighted by Gasteiger charge is 2.34. The highest BCUT2D eigenvalue weighted by molar-refractivity contribution is 4.85. The topological polar surface area (TPSA) is 20.2 Å². The predicted octanol–water partition coefficient (Wildman–Crippen LogP) is 1.95. The first-order valence-corrected chi connectivity index (χ1v) is 4.40. The van der Waals surface area contributed by atoms with Crippen molar-refractivity contribution in [1.29, 1.82) is 0 Å². The molecule has 0 aliphatic heterocycles. The Hall–Kier alpha value is -0.0400. The van der Waals surface area contributed by atoms with Gasteiger partial charge in [-0.2, -0.15) is 0 Å². The van der Waals surface area contributed by atoms with Gasteiger partial charge < -0.3 is 5.11 Å². The predicted molar refractivity (Wildman–Crippen MR) is 40.7 cm³/mol. The molecule has 0 spiro atoms. The third kappa shape index (κ3) is 1.07. The van der Waals surface area contributed by atoms with Gasteiger partial charge in [0.2, 0.25) is 0 Å². The van der Waals surface area contributed by atoms with Crippen LogP contribution in [-0.4, -0.2) is 11.2 Å². The lowest BCUT2D eigenvalue weighted by molar-refractivity contribution is 0.175. The summed E-state index contributed by atoms with van der Waals surface area (Å²) < 4.78 is 7.54. The average molecular weight is 141 g/mol. The molecule has 1 heteroatoms. The minimum atomic E-state index is -1.07. The van der Waals surface area contributed by atoms with Gasteiger partial charge in [-0.25, -0.2) is 0 Å². The lowest BCUT2D eigenvalue weighted by atomic mass is 9.82. The summed E-state index contributed by atoms with van der Waals surface area (Å²) in [5, 5.41) is 9.49. The lowest BCUT2D eigenvalue weighted by Crippen LogP contribution is -2.12. The van der Waals surface area contributed by atoms with E-state index in [-0.39, 0.29) is 0 Å². The SMILES string of the molecule is [2H]C1(O)CC2CCCCC2C1. The zero-order chi connectivity index (χ0) is 7.90. The van der Waals surface area contributed by atoms with Crippen LogP contribution in [0.15, 0.2) is 0 Å². The molecule has 58 valence electrons. The van der Waals surface area contributed by atoms with Crippen molar-refractivity contribution in [3.63, 3.8) is 0 Å². The van der Waals surface area contributed by atoms with Gasteiger partial charge in [0.05, 0.1) is 7.45 Å². The average Bonchev–Trinajstić information content (AvgIpc) is 2.21. The van der Waals surface area contributed by atoms with Gasteiger partial charge in [-0.15, -0.1) is 0 Å². The zero-order valence-corrected chi connectivity index (χ0v) is 6.34. The van der Waals surface area contributed by atoms with E-state index in [1.807, 2.05) is 0 Å². The fraction of sp³-hybridized carbons (Fsp3) is 1.00. The monoisotopic (exact) mass is 141 g/mol. The van der Waals surface area contributed by atoms with Crippen molar-refractivity contribution < 1.29 is 6.48 Å². The molecule has 0 aromatic carbocycles. The third-order valence-corrected chi connectivity index (χ3v) is 3.06. The number of hydrogen-bond acceptors (Lipinski definition) is 1. The van der Waals surface area contributed by atoms with Crippen LogP contribution in [0.3, 0.4) is 0 Å². The molecule has 2 fully saturated rings. The lowest BCUT2D eigenvalue weighted by Gasteiger charge is -2.23. The van der Waals surface area contributed by atoms with E-state index in [0.29, 0.717) is 11.8 Å². The van der Waals surface area contributed by atoms with E-state index >= 15 is 0 Å². The molecule has 2 rings (SSSR count).